The van der Waals surface area contributed by atoms with Gasteiger partial charge in [-0.1, -0.05) is 39.3 Å². The van der Waals surface area contributed by atoms with E-state index >= 15 is 0 Å². The van der Waals surface area contributed by atoms with Crippen LogP contribution in [-0.4, -0.2) is 288 Å². The minimum atomic E-state index is -2.02. The zero-order valence-corrected chi connectivity index (χ0v) is 51.4. The number of rotatable bonds is 15. The lowest BCUT2D eigenvalue weighted by Gasteiger charge is -2.64. The molecule has 11 rings (SSSR count). The topological polar surface area (TPSA) is 420 Å². The SMILES string of the molecule is COC1C(O)C(CO)OC(OC2C(O)C(CO)OC(OC3C(C)OC(OC4C(OC5CCC6(C)C7=CC(O)C89C(=O)OC(C)(C%10CCC(C)(C)O%10)C8CCC9(C)C7CCC6C5(C)C)OCC(OC5OC(CO)C(O)C(O)C5O)C4O)C(O)C3O)C2O)C1O. The van der Waals surface area contributed by atoms with Gasteiger partial charge in [-0.05, 0) is 107 Å². The molecule has 7 heterocycles. The lowest BCUT2D eigenvalue weighted by Crippen LogP contribution is -2.67. The molecule has 7 aliphatic heterocycles. The summed E-state index contributed by atoms with van der Waals surface area (Å²) in [6.45, 7) is 13.3. The Morgan fingerprint density at radius 2 is 1.10 bits per heavy atom. The molecular weight excluding hydrogens is 1170 g/mol. The quantitative estimate of drug-likeness (QED) is 0.0432. The van der Waals surface area contributed by atoms with E-state index in [0.29, 0.717) is 19.3 Å². The molecule has 0 aromatic rings. The van der Waals surface area contributed by atoms with Crippen LogP contribution in [0.4, 0.5) is 0 Å². The number of hydrogen-bond acceptors (Lipinski definition) is 28. The fourth-order valence-corrected chi connectivity index (χ4v) is 18.2. The van der Waals surface area contributed by atoms with Crippen LogP contribution in [0.25, 0.3) is 0 Å². The van der Waals surface area contributed by atoms with Gasteiger partial charge in [0.15, 0.2) is 31.5 Å². The third-order valence-electron chi connectivity index (χ3n) is 23.1. The number of fused-ring (bicyclic) bond motifs is 4. The highest BCUT2D eigenvalue weighted by Crippen LogP contribution is 2.76. The van der Waals surface area contributed by atoms with Crippen LogP contribution >= 0.6 is 0 Å². The number of cyclic esters (lactones) is 1. The Labute approximate surface area is 510 Å². The molecule has 88 heavy (non-hydrogen) atoms. The van der Waals surface area contributed by atoms with Crippen molar-refractivity contribution >= 4 is 5.97 Å². The molecule has 0 radical (unpaired) electrons. The Bertz CT molecular complexity index is 2490. The molecule has 1 spiro atoms. The van der Waals surface area contributed by atoms with E-state index in [4.69, 9.17) is 61.6 Å². The van der Waals surface area contributed by atoms with Crippen molar-refractivity contribution in [2.45, 2.75) is 284 Å². The van der Waals surface area contributed by atoms with Crippen LogP contribution in [0.5, 0.6) is 0 Å². The maximum absolute atomic E-state index is 14.7. The van der Waals surface area contributed by atoms with E-state index in [2.05, 4.69) is 41.5 Å². The van der Waals surface area contributed by atoms with Gasteiger partial charge in [0, 0.05) is 13.0 Å². The van der Waals surface area contributed by atoms with Gasteiger partial charge in [0.1, 0.15) is 121 Å². The summed E-state index contributed by atoms with van der Waals surface area (Å²) in [4.78, 5) is 14.7. The number of methoxy groups -OCH3 is 1. The molecule has 0 aromatic heterocycles. The summed E-state index contributed by atoms with van der Waals surface area (Å²) in [6.07, 6.45) is -34.5. The lowest BCUT2D eigenvalue weighted by atomic mass is 9.40. The number of ether oxygens (including phenoxy) is 13. The zero-order valence-electron chi connectivity index (χ0n) is 51.4. The first-order chi connectivity index (χ1) is 41.4. The average molecular weight is 1270 g/mol. The summed E-state index contributed by atoms with van der Waals surface area (Å²) in [5.41, 5.74) is -3.07. The van der Waals surface area contributed by atoms with Crippen LogP contribution in [0, 0.1) is 39.4 Å². The highest BCUT2D eigenvalue weighted by Gasteiger charge is 2.80. The van der Waals surface area contributed by atoms with Crippen molar-refractivity contribution in [1.29, 1.82) is 0 Å². The highest BCUT2D eigenvalue weighted by atomic mass is 16.8. The van der Waals surface area contributed by atoms with Crippen molar-refractivity contribution in [2.24, 2.45) is 39.4 Å². The first-order valence-corrected chi connectivity index (χ1v) is 31.4. The third-order valence-corrected chi connectivity index (χ3v) is 23.1. The van der Waals surface area contributed by atoms with Crippen molar-refractivity contribution < 1.29 is 138 Å². The Morgan fingerprint density at radius 1 is 0.534 bits per heavy atom. The van der Waals surface area contributed by atoms with E-state index in [1.54, 1.807) is 0 Å². The summed E-state index contributed by atoms with van der Waals surface area (Å²) in [6, 6.07) is 0. The van der Waals surface area contributed by atoms with Crippen LogP contribution < -0.4 is 0 Å². The van der Waals surface area contributed by atoms with E-state index in [9.17, 15) is 76.3 Å². The first kappa shape index (κ1) is 67.6. The molecule has 14 N–H and O–H groups in total. The molecule has 28 heteroatoms. The fraction of sp³-hybridized carbons (Fsp3) is 0.950. The lowest BCUT2D eigenvalue weighted by molar-refractivity contribution is -0.394. The van der Waals surface area contributed by atoms with Crippen molar-refractivity contribution in [3.8, 4) is 0 Å². The second kappa shape index (κ2) is 24.7. The molecule has 0 bridgehead atoms. The molecule has 11 aliphatic rings. The molecule has 34 unspecified atom stereocenters. The minimum Gasteiger partial charge on any atom is -0.456 e. The minimum absolute atomic E-state index is 0.0402. The van der Waals surface area contributed by atoms with Crippen LogP contribution in [0.15, 0.2) is 11.6 Å². The number of aliphatic hydroxyl groups is 14. The number of carbonyl (C=O) groups is 1. The van der Waals surface area contributed by atoms with Crippen molar-refractivity contribution in [3.63, 3.8) is 0 Å². The van der Waals surface area contributed by atoms with E-state index in [1.165, 1.54) is 14.0 Å². The molecule has 34 atom stereocenters. The van der Waals surface area contributed by atoms with Gasteiger partial charge < -0.3 is 133 Å². The predicted molar refractivity (Wildman–Crippen MR) is 294 cm³/mol. The number of hydrogen-bond donors (Lipinski definition) is 14. The molecule has 10 fully saturated rings. The van der Waals surface area contributed by atoms with Crippen LogP contribution in [0.2, 0.25) is 0 Å². The van der Waals surface area contributed by atoms with Gasteiger partial charge >= 0.3 is 5.97 Å². The van der Waals surface area contributed by atoms with Crippen LogP contribution in [0.3, 0.4) is 0 Å². The second-order valence-corrected chi connectivity index (χ2v) is 28.7. The molecule has 28 nitrogen and oxygen atoms in total. The van der Waals surface area contributed by atoms with Crippen molar-refractivity contribution in [2.75, 3.05) is 33.5 Å². The normalized spacial score (nSPS) is 55.0. The highest BCUT2D eigenvalue weighted by molar-refractivity contribution is 5.84. The van der Waals surface area contributed by atoms with Gasteiger partial charge in [0.05, 0.1) is 56.4 Å². The summed E-state index contributed by atoms with van der Waals surface area (Å²) >= 11 is 0. The second-order valence-electron chi connectivity index (χ2n) is 28.7. The number of esters is 1. The maximum Gasteiger partial charge on any atom is 0.316 e. The van der Waals surface area contributed by atoms with Gasteiger partial charge in [-0.3, -0.25) is 4.79 Å². The van der Waals surface area contributed by atoms with Crippen LogP contribution in [0.1, 0.15) is 107 Å². The Morgan fingerprint density at radius 3 is 1.72 bits per heavy atom. The molecule has 0 aromatic carbocycles. The number of allylic oxidation sites excluding steroid dienone is 1. The van der Waals surface area contributed by atoms with E-state index in [0.717, 1.165) is 37.7 Å². The summed E-state index contributed by atoms with van der Waals surface area (Å²) in [7, 11) is 1.19. The van der Waals surface area contributed by atoms with Gasteiger partial charge in [0.25, 0.3) is 0 Å². The van der Waals surface area contributed by atoms with Gasteiger partial charge in [0.2, 0.25) is 0 Å². The third kappa shape index (κ3) is 10.7. The van der Waals surface area contributed by atoms with E-state index < -0.39 is 213 Å². The Kier molecular flexibility index (Phi) is 19.0. The van der Waals surface area contributed by atoms with E-state index in [1.807, 2.05) is 13.0 Å². The Balaban J connectivity index is 0.818. The number of carbonyl (C=O) groups excluding carboxylic acids is 1. The van der Waals surface area contributed by atoms with Gasteiger partial charge in [-0.2, -0.15) is 0 Å². The first-order valence-electron chi connectivity index (χ1n) is 31.4. The molecular formula is C60H96O28. The zero-order chi connectivity index (χ0) is 63.9. The Hall–Kier alpha value is -1.83. The monoisotopic (exact) mass is 1260 g/mol. The standard InChI is InChI=1S/C60H96O28/c1-23-45(84-52-44(74)47(37(67)28(21-63)81-52)85-51-43(73)46(76-9)36(66)27(20-62)80-51)40(70)42(72)49(78-23)86-48-38(68)29(82-50-41(71)39(69)35(65)26(19-61)79-50)22-77-53(48)83-33-14-16-57(6)25-18-32(64)60-31(59(8,88-54(60)75)34-13-15-55(2,3)87-34)12-17-58(60,7)24(25)10-11-30(57)56(33,4)5/h18,23-24,26-53,61-74H,10-17,19-22H2,1-9H3. The fourth-order valence-electron chi connectivity index (χ4n) is 18.2. The van der Waals surface area contributed by atoms with Crippen molar-refractivity contribution in [3.05, 3.63) is 11.6 Å². The average Bonchev–Trinajstić information content (AvgIpc) is 1.49. The van der Waals surface area contributed by atoms with Crippen LogP contribution in [-0.2, 0) is 66.4 Å². The largest absolute Gasteiger partial charge is 0.456 e. The molecule has 504 valence electrons. The van der Waals surface area contributed by atoms with Crippen molar-refractivity contribution in [1.82, 2.24) is 0 Å². The summed E-state index contributed by atoms with van der Waals surface area (Å²) < 4.78 is 79.1. The summed E-state index contributed by atoms with van der Waals surface area (Å²) in [5, 5.41) is 155. The smallest absolute Gasteiger partial charge is 0.316 e. The molecule has 4 aliphatic carbocycles. The molecule has 7 saturated heterocycles. The summed E-state index contributed by atoms with van der Waals surface area (Å²) in [5.74, 6) is -0.721. The predicted octanol–water partition coefficient (Wildman–Crippen LogP) is -3.38. The number of aliphatic hydroxyl groups excluding tert-OH is 14. The van der Waals surface area contributed by atoms with Gasteiger partial charge in [-0.25, -0.2) is 0 Å². The molecule has 0 amide bonds. The van der Waals surface area contributed by atoms with Gasteiger partial charge in [-0.15, -0.1) is 0 Å². The van der Waals surface area contributed by atoms with E-state index in [-0.39, 0.29) is 35.4 Å². The molecule has 3 saturated carbocycles. The maximum atomic E-state index is 14.7.